The minimum Gasteiger partial charge on any atom is -0.494 e. The van der Waals surface area contributed by atoms with Crippen LogP contribution in [0.5, 0.6) is 5.75 Å². The summed E-state index contributed by atoms with van der Waals surface area (Å²) in [6.07, 6.45) is -1.28. The van der Waals surface area contributed by atoms with Gasteiger partial charge in [0.2, 0.25) is 0 Å². The summed E-state index contributed by atoms with van der Waals surface area (Å²) in [6, 6.07) is 15.0. The molecule has 0 bridgehead atoms. The zero-order valence-electron chi connectivity index (χ0n) is 18.4. The van der Waals surface area contributed by atoms with E-state index in [9.17, 15) is 15.0 Å². The van der Waals surface area contributed by atoms with Gasteiger partial charge in [-0.05, 0) is 56.0 Å². The van der Waals surface area contributed by atoms with Crippen molar-refractivity contribution < 1.29 is 24.5 Å². The maximum absolute atomic E-state index is 11.6. The maximum atomic E-state index is 11.6. The van der Waals surface area contributed by atoms with Crippen molar-refractivity contribution in [3.05, 3.63) is 65.2 Å². The molecule has 31 heavy (non-hydrogen) atoms. The fourth-order valence-corrected chi connectivity index (χ4v) is 3.66. The number of nitrogens with zero attached hydrogens (tertiary/aromatic N) is 1. The third-order valence-corrected chi connectivity index (χ3v) is 5.02. The number of amides is 1. The van der Waals surface area contributed by atoms with Crippen LogP contribution >= 0.6 is 0 Å². The normalized spacial score (nSPS) is 14.9. The van der Waals surface area contributed by atoms with Crippen LogP contribution in [0.15, 0.2) is 48.5 Å². The molecular formula is C24H32N2O5. The van der Waals surface area contributed by atoms with Gasteiger partial charge in [0.1, 0.15) is 11.4 Å². The summed E-state index contributed by atoms with van der Waals surface area (Å²) in [5.74, 6) is 0.692. The Bertz CT molecular complexity index is 836. The summed E-state index contributed by atoms with van der Waals surface area (Å²) in [5, 5.41) is 22.8. The highest BCUT2D eigenvalue weighted by molar-refractivity contribution is 5.67. The van der Waals surface area contributed by atoms with Crippen LogP contribution in [0.4, 0.5) is 4.79 Å². The Morgan fingerprint density at radius 1 is 1.06 bits per heavy atom. The highest BCUT2D eigenvalue weighted by Crippen LogP contribution is 2.33. The van der Waals surface area contributed by atoms with Crippen molar-refractivity contribution in [3.63, 3.8) is 0 Å². The number of carbonyl (C=O) groups excluding carboxylic acids is 1. The van der Waals surface area contributed by atoms with Crippen LogP contribution < -0.4 is 10.1 Å². The number of aliphatic hydroxyl groups excluding tert-OH is 1. The summed E-state index contributed by atoms with van der Waals surface area (Å²) >= 11 is 0. The third-order valence-electron chi connectivity index (χ3n) is 5.02. The van der Waals surface area contributed by atoms with Crippen molar-refractivity contribution >= 4 is 6.09 Å². The zero-order valence-corrected chi connectivity index (χ0v) is 18.4. The van der Waals surface area contributed by atoms with E-state index in [0.717, 1.165) is 5.56 Å². The smallest absolute Gasteiger partial charge is 0.407 e. The predicted molar refractivity (Wildman–Crippen MR) is 117 cm³/mol. The van der Waals surface area contributed by atoms with Crippen molar-refractivity contribution in [2.24, 2.45) is 0 Å². The Hall–Kier alpha value is -2.61. The molecule has 7 heteroatoms. The first-order valence-electron chi connectivity index (χ1n) is 10.6. The van der Waals surface area contributed by atoms with E-state index in [2.05, 4.69) is 22.3 Å². The summed E-state index contributed by atoms with van der Waals surface area (Å²) < 4.78 is 10.9. The lowest BCUT2D eigenvalue weighted by Crippen LogP contribution is -2.33. The van der Waals surface area contributed by atoms with Gasteiger partial charge < -0.3 is 25.0 Å². The van der Waals surface area contributed by atoms with Crippen molar-refractivity contribution in [1.29, 1.82) is 0 Å². The Morgan fingerprint density at radius 2 is 1.68 bits per heavy atom. The van der Waals surface area contributed by atoms with Crippen LogP contribution in [0.1, 0.15) is 49.9 Å². The average Bonchev–Trinajstić information content (AvgIpc) is 3.10. The second-order valence-electron chi connectivity index (χ2n) is 8.73. The van der Waals surface area contributed by atoms with E-state index in [-0.39, 0.29) is 0 Å². The minimum absolute atomic E-state index is 0.436. The lowest BCUT2D eigenvalue weighted by atomic mass is 10.0. The molecule has 3 N–H and O–H groups in total. The number of nitrogens with one attached hydrogen (secondary N) is 1. The molecular weight excluding hydrogens is 396 g/mol. The van der Waals surface area contributed by atoms with E-state index in [0.29, 0.717) is 38.4 Å². The van der Waals surface area contributed by atoms with Gasteiger partial charge in [-0.15, -0.1) is 0 Å². The van der Waals surface area contributed by atoms with E-state index in [4.69, 9.17) is 9.47 Å². The summed E-state index contributed by atoms with van der Waals surface area (Å²) in [5.41, 5.74) is 2.74. The molecule has 0 saturated heterocycles. The van der Waals surface area contributed by atoms with E-state index in [1.165, 1.54) is 11.1 Å². The van der Waals surface area contributed by atoms with Gasteiger partial charge in [-0.3, -0.25) is 4.90 Å². The van der Waals surface area contributed by atoms with Gasteiger partial charge in [0.25, 0.3) is 0 Å². The molecule has 3 rings (SSSR count). The molecule has 0 saturated carbocycles. The van der Waals surface area contributed by atoms with Crippen LogP contribution in [0.2, 0.25) is 0 Å². The number of fused-ring (bicyclic) bond motifs is 1. The third kappa shape index (κ3) is 6.69. The quantitative estimate of drug-likeness (QED) is 0.441. The number of aliphatic hydroxyl groups is 2. The fourth-order valence-electron chi connectivity index (χ4n) is 3.66. The molecule has 0 spiro atoms. The minimum atomic E-state index is -1.49. The van der Waals surface area contributed by atoms with Crippen molar-refractivity contribution in [3.8, 4) is 5.75 Å². The Balaban J connectivity index is 1.48. The van der Waals surface area contributed by atoms with E-state index >= 15 is 0 Å². The largest absolute Gasteiger partial charge is 0.494 e. The summed E-state index contributed by atoms with van der Waals surface area (Å²) in [6.45, 7) is 7.74. The average molecular weight is 429 g/mol. The Morgan fingerprint density at radius 3 is 2.23 bits per heavy atom. The SMILES string of the molecule is CC(C)(C)OC(=O)NCCCOc1ccc([C@@H](C(O)O)N2Cc3ccccc3C2)cc1. The van der Waals surface area contributed by atoms with Gasteiger partial charge in [0.05, 0.1) is 12.6 Å². The van der Waals surface area contributed by atoms with E-state index in [1.54, 1.807) is 0 Å². The first-order chi connectivity index (χ1) is 14.7. The van der Waals surface area contributed by atoms with Gasteiger partial charge >= 0.3 is 6.09 Å². The van der Waals surface area contributed by atoms with Crippen LogP contribution in [0.25, 0.3) is 0 Å². The van der Waals surface area contributed by atoms with Gasteiger partial charge in [0, 0.05) is 19.6 Å². The molecule has 2 aromatic carbocycles. The fraction of sp³-hybridized carbons (Fsp3) is 0.458. The number of rotatable bonds is 8. The molecule has 1 amide bonds. The van der Waals surface area contributed by atoms with E-state index < -0.39 is 24.0 Å². The molecule has 168 valence electrons. The van der Waals surface area contributed by atoms with Crippen LogP contribution in [0, 0.1) is 0 Å². The Kier molecular flexibility index (Phi) is 7.54. The van der Waals surface area contributed by atoms with Gasteiger partial charge in [-0.2, -0.15) is 0 Å². The monoisotopic (exact) mass is 428 g/mol. The highest BCUT2D eigenvalue weighted by Gasteiger charge is 2.31. The molecule has 0 aliphatic carbocycles. The lowest BCUT2D eigenvalue weighted by molar-refractivity contribution is -0.104. The van der Waals surface area contributed by atoms with Crippen molar-refractivity contribution in [1.82, 2.24) is 10.2 Å². The van der Waals surface area contributed by atoms with Crippen molar-refractivity contribution in [2.75, 3.05) is 13.2 Å². The predicted octanol–water partition coefficient (Wildman–Crippen LogP) is 3.35. The van der Waals surface area contributed by atoms with Gasteiger partial charge in [-0.25, -0.2) is 4.79 Å². The number of hydrogen-bond donors (Lipinski definition) is 3. The summed E-state index contributed by atoms with van der Waals surface area (Å²) in [7, 11) is 0. The zero-order chi connectivity index (χ0) is 22.4. The number of carbonyl (C=O) groups is 1. The first kappa shape index (κ1) is 23.1. The second-order valence-corrected chi connectivity index (χ2v) is 8.73. The van der Waals surface area contributed by atoms with E-state index in [1.807, 2.05) is 57.2 Å². The molecule has 1 aliphatic rings. The van der Waals surface area contributed by atoms with Gasteiger partial charge in [0.15, 0.2) is 6.29 Å². The molecule has 0 aromatic heterocycles. The van der Waals surface area contributed by atoms with Gasteiger partial charge in [-0.1, -0.05) is 36.4 Å². The number of alkyl carbamates (subject to hydrolysis) is 1. The molecule has 0 fully saturated rings. The van der Waals surface area contributed by atoms with Crippen LogP contribution in [-0.4, -0.2) is 46.2 Å². The topological polar surface area (TPSA) is 91.3 Å². The molecule has 2 aromatic rings. The number of ether oxygens (including phenoxy) is 2. The van der Waals surface area contributed by atoms with Crippen molar-refractivity contribution in [2.45, 2.75) is 58.2 Å². The molecule has 1 atom stereocenters. The first-order valence-corrected chi connectivity index (χ1v) is 10.6. The number of hydrogen-bond acceptors (Lipinski definition) is 6. The van der Waals surface area contributed by atoms with Crippen LogP contribution in [0.3, 0.4) is 0 Å². The molecule has 0 radical (unpaired) electrons. The standard InChI is InChI=1S/C24H32N2O5/c1-24(2,3)31-23(29)25-13-6-14-30-20-11-9-17(10-12-20)21(22(27)28)26-15-18-7-4-5-8-19(18)16-26/h4-5,7-12,21-22,27-28H,6,13-16H2,1-3H3,(H,25,29)/t21-/m0/s1. The maximum Gasteiger partial charge on any atom is 0.407 e. The molecule has 7 nitrogen and oxygen atoms in total. The highest BCUT2D eigenvalue weighted by atomic mass is 16.6. The molecule has 0 unspecified atom stereocenters. The lowest BCUT2D eigenvalue weighted by Gasteiger charge is -2.29. The van der Waals surface area contributed by atoms with Crippen LogP contribution in [-0.2, 0) is 17.8 Å². The summed E-state index contributed by atoms with van der Waals surface area (Å²) in [4.78, 5) is 13.7. The molecule has 1 heterocycles. The number of benzene rings is 2. The second kappa shape index (κ2) is 10.1. The Labute approximate surface area is 183 Å². The molecule has 1 aliphatic heterocycles.